The molecule has 0 aliphatic heterocycles. The summed E-state index contributed by atoms with van der Waals surface area (Å²) in [5.41, 5.74) is 7.53. The van der Waals surface area contributed by atoms with Gasteiger partial charge in [-0.25, -0.2) is 0 Å². The molecule has 3 heteroatoms. The Kier molecular flexibility index (Phi) is 1.80. The molecule has 0 amide bonds. The molecule has 0 radical (unpaired) electrons. The number of nitrogens with zero attached hydrogens (tertiary/aromatic N) is 3. The van der Waals surface area contributed by atoms with E-state index in [0.717, 1.165) is 11.4 Å². The van der Waals surface area contributed by atoms with Crippen LogP contribution in [0.25, 0.3) is 0 Å². The zero-order valence-electron chi connectivity index (χ0n) is 10.7. The van der Waals surface area contributed by atoms with Gasteiger partial charge in [0.2, 0.25) is 0 Å². The Morgan fingerprint density at radius 2 is 1.25 bits per heavy atom. The van der Waals surface area contributed by atoms with Crippen LogP contribution in [-0.2, 0) is 0 Å². The van der Waals surface area contributed by atoms with E-state index in [1.807, 2.05) is 12.4 Å². The fourth-order valence-corrected chi connectivity index (χ4v) is 3.69. The minimum absolute atomic E-state index is 0.184. The summed E-state index contributed by atoms with van der Waals surface area (Å²) in [5.74, 6) is 0.390. The van der Waals surface area contributed by atoms with Gasteiger partial charge in [-0.05, 0) is 28.3 Å². The molecule has 2 atom stereocenters. The van der Waals surface area contributed by atoms with Crippen molar-refractivity contribution in [2.24, 2.45) is 0 Å². The molecule has 3 aromatic rings. The molecule has 3 aliphatic carbocycles. The first-order chi connectivity index (χ1) is 9.95. The zero-order valence-corrected chi connectivity index (χ0v) is 10.7. The van der Waals surface area contributed by atoms with Crippen molar-refractivity contribution in [2.75, 3.05) is 0 Å². The predicted molar refractivity (Wildman–Crippen MR) is 74.6 cm³/mol. The molecule has 6 rings (SSSR count). The van der Waals surface area contributed by atoms with Gasteiger partial charge >= 0.3 is 0 Å². The smallest absolute Gasteiger partial charge is 0.0748 e. The SMILES string of the molecule is c1ccc2c(c1)C1c3ccncc3C2c2nccnc21. The summed E-state index contributed by atoms with van der Waals surface area (Å²) < 4.78 is 0. The minimum atomic E-state index is 0.184. The van der Waals surface area contributed by atoms with Gasteiger partial charge in [-0.15, -0.1) is 0 Å². The average molecular weight is 257 g/mol. The van der Waals surface area contributed by atoms with Crippen molar-refractivity contribution in [3.05, 3.63) is 88.8 Å². The van der Waals surface area contributed by atoms with Crippen molar-refractivity contribution in [1.29, 1.82) is 0 Å². The van der Waals surface area contributed by atoms with Crippen LogP contribution in [0.4, 0.5) is 0 Å². The summed E-state index contributed by atoms with van der Waals surface area (Å²) in [6, 6.07) is 10.8. The van der Waals surface area contributed by atoms with Gasteiger partial charge in [0, 0.05) is 24.8 Å². The number of hydrogen-bond donors (Lipinski definition) is 0. The van der Waals surface area contributed by atoms with E-state index in [1.54, 1.807) is 12.4 Å². The highest BCUT2D eigenvalue weighted by molar-refractivity contribution is 5.64. The van der Waals surface area contributed by atoms with Crippen molar-refractivity contribution in [1.82, 2.24) is 15.0 Å². The van der Waals surface area contributed by atoms with Crippen molar-refractivity contribution in [2.45, 2.75) is 11.8 Å². The highest BCUT2D eigenvalue weighted by Crippen LogP contribution is 2.53. The maximum Gasteiger partial charge on any atom is 0.0748 e. The Morgan fingerprint density at radius 1 is 0.650 bits per heavy atom. The molecule has 0 spiro atoms. The fourth-order valence-electron chi connectivity index (χ4n) is 3.69. The quantitative estimate of drug-likeness (QED) is 0.428. The van der Waals surface area contributed by atoms with Crippen LogP contribution in [0.5, 0.6) is 0 Å². The largest absolute Gasteiger partial charge is 0.264 e. The van der Waals surface area contributed by atoms with E-state index in [0.29, 0.717) is 0 Å². The number of aromatic nitrogens is 3. The molecule has 1 aromatic carbocycles. The Morgan fingerprint density at radius 3 is 1.95 bits per heavy atom. The first-order valence-electron chi connectivity index (χ1n) is 6.78. The Labute approximate surface area is 116 Å². The summed E-state index contributed by atoms with van der Waals surface area (Å²) in [6.07, 6.45) is 7.44. The molecule has 2 aromatic heterocycles. The molecule has 2 bridgehead atoms. The third-order valence-corrected chi connectivity index (χ3v) is 4.43. The van der Waals surface area contributed by atoms with E-state index in [4.69, 9.17) is 0 Å². The predicted octanol–water partition coefficient (Wildman–Crippen LogP) is 2.86. The molecule has 0 saturated carbocycles. The second kappa shape index (κ2) is 3.51. The van der Waals surface area contributed by atoms with Gasteiger partial charge in [0.05, 0.1) is 23.2 Å². The summed E-state index contributed by atoms with van der Waals surface area (Å²) in [4.78, 5) is 13.5. The summed E-state index contributed by atoms with van der Waals surface area (Å²) in [6.45, 7) is 0. The molecule has 3 aliphatic rings. The monoisotopic (exact) mass is 257 g/mol. The van der Waals surface area contributed by atoms with Crippen LogP contribution in [0, 0.1) is 0 Å². The Bertz CT molecular complexity index is 659. The minimum Gasteiger partial charge on any atom is -0.264 e. The van der Waals surface area contributed by atoms with E-state index < -0.39 is 0 Å². The molecule has 3 nitrogen and oxygen atoms in total. The molecule has 0 N–H and O–H groups in total. The molecule has 2 unspecified atom stereocenters. The summed E-state index contributed by atoms with van der Waals surface area (Å²) in [5, 5.41) is 0. The molecule has 0 fully saturated rings. The van der Waals surface area contributed by atoms with Crippen LogP contribution in [0.2, 0.25) is 0 Å². The van der Waals surface area contributed by atoms with Crippen molar-refractivity contribution in [3.63, 3.8) is 0 Å². The fraction of sp³-hybridized carbons (Fsp3) is 0.118. The third kappa shape index (κ3) is 1.09. The number of benzene rings is 1. The van der Waals surface area contributed by atoms with Crippen molar-refractivity contribution < 1.29 is 0 Å². The Hall–Kier alpha value is -2.55. The molecule has 0 saturated heterocycles. The normalized spacial score (nSPS) is 21.0. The van der Waals surface area contributed by atoms with E-state index in [9.17, 15) is 0 Å². The molecular formula is C17H11N3. The van der Waals surface area contributed by atoms with Gasteiger partial charge in [0.1, 0.15) is 0 Å². The number of pyridine rings is 1. The zero-order chi connectivity index (χ0) is 13.1. The van der Waals surface area contributed by atoms with Crippen LogP contribution in [0.1, 0.15) is 45.5 Å². The molecule has 94 valence electrons. The number of hydrogen-bond acceptors (Lipinski definition) is 3. The number of rotatable bonds is 0. The lowest BCUT2D eigenvalue weighted by Gasteiger charge is -2.39. The lowest BCUT2D eigenvalue weighted by atomic mass is 9.65. The van der Waals surface area contributed by atoms with Gasteiger partial charge < -0.3 is 0 Å². The lowest BCUT2D eigenvalue weighted by Crippen LogP contribution is -2.29. The van der Waals surface area contributed by atoms with E-state index in [-0.39, 0.29) is 11.8 Å². The lowest BCUT2D eigenvalue weighted by molar-refractivity contribution is 0.696. The van der Waals surface area contributed by atoms with Crippen LogP contribution in [-0.4, -0.2) is 15.0 Å². The van der Waals surface area contributed by atoms with Gasteiger partial charge in [0.15, 0.2) is 0 Å². The van der Waals surface area contributed by atoms with Crippen molar-refractivity contribution >= 4 is 0 Å². The maximum atomic E-state index is 4.62. The summed E-state index contributed by atoms with van der Waals surface area (Å²) in [7, 11) is 0. The van der Waals surface area contributed by atoms with Gasteiger partial charge in [-0.3, -0.25) is 15.0 Å². The van der Waals surface area contributed by atoms with E-state index in [2.05, 4.69) is 45.3 Å². The maximum absolute atomic E-state index is 4.62. The highest BCUT2D eigenvalue weighted by Gasteiger charge is 2.42. The van der Waals surface area contributed by atoms with Gasteiger partial charge in [-0.1, -0.05) is 24.3 Å². The summed E-state index contributed by atoms with van der Waals surface area (Å²) >= 11 is 0. The van der Waals surface area contributed by atoms with Crippen LogP contribution < -0.4 is 0 Å². The molecular weight excluding hydrogens is 246 g/mol. The van der Waals surface area contributed by atoms with Crippen LogP contribution in [0.3, 0.4) is 0 Å². The molecule has 20 heavy (non-hydrogen) atoms. The standard InChI is InChI=1S/C17H11N3/c1-2-4-11-10(3-1)14-12-5-6-18-9-13(12)15(11)17-16(14)19-7-8-20-17/h1-9,14-15H. The van der Waals surface area contributed by atoms with E-state index >= 15 is 0 Å². The first kappa shape index (κ1) is 10.3. The van der Waals surface area contributed by atoms with Gasteiger partial charge in [0.25, 0.3) is 0 Å². The first-order valence-corrected chi connectivity index (χ1v) is 6.78. The van der Waals surface area contributed by atoms with Crippen LogP contribution in [0.15, 0.2) is 55.1 Å². The molecule has 2 heterocycles. The van der Waals surface area contributed by atoms with Crippen molar-refractivity contribution in [3.8, 4) is 0 Å². The topological polar surface area (TPSA) is 38.7 Å². The van der Waals surface area contributed by atoms with Crippen LogP contribution >= 0.6 is 0 Å². The third-order valence-electron chi connectivity index (χ3n) is 4.43. The second-order valence-electron chi connectivity index (χ2n) is 5.33. The Balaban J connectivity index is 1.93. The average Bonchev–Trinajstić information content (AvgIpc) is 2.54. The van der Waals surface area contributed by atoms with Gasteiger partial charge in [-0.2, -0.15) is 0 Å². The van der Waals surface area contributed by atoms with E-state index in [1.165, 1.54) is 22.3 Å². The highest BCUT2D eigenvalue weighted by atomic mass is 14.8. The second-order valence-corrected chi connectivity index (χ2v) is 5.33.